The van der Waals surface area contributed by atoms with Gasteiger partial charge in [0.2, 0.25) is 0 Å². The van der Waals surface area contributed by atoms with Crippen molar-refractivity contribution in [2.24, 2.45) is 5.41 Å². The number of piperazine rings is 1. The Bertz CT molecular complexity index is 436. The van der Waals surface area contributed by atoms with Crippen molar-refractivity contribution in [3.05, 3.63) is 33.3 Å². The van der Waals surface area contributed by atoms with Gasteiger partial charge in [0.05, 0.1) is 0 Å². The van der Waals surface area contributed by atoms with Crippen molar-refractivity contribution in [3.63, 3.8) is 0 Å². The van der Waals surface area contributed by atoms with E-state index in [1.165, 1.54) is 5.56 Å². The lowest BCUT2D eigenvalue weighted by Gasteiger charge is -2.43. The summed E-state index contributed by atoms with van der Waals surface area (Å²) >= 11 is 10.0. The third-order valence-corrected chi connectivity index (χ3v) is 4.43. The van der Waals surface area contributed by atoms with Gasteiger partial charge in [0.15, 0.2) is 0 Å². The van der Waals surface area contributed by atoms with Crippen LogP contribution in [0.1, 0.15) is 32.4 Å². The minimum atomic E-state index is 0.155. The fourth-order valence-electron chi connectivity index (χ4n) is 2.88. The van der Waals surface area contributed by atoms with Crippen molar-refractivity contribution in [2.75, 3.05) is 26.2 Å². The van der Waals surface area contributed by atoms with Crippen molar-refractivity contribution in [2.45, 2.75) is 26.8 Å². The van der Waals surface area contributed by atoms with E-state index in [2.05, 4.69) is 53.0 Å². The fourth-order valence-corrected chi connectivity index (χ4v) is 3.48. The van der Waals surface area contributed by atoms with E-state index in [1.54, 1.807) is 0 Å². The highest BCUT2D eigenvalue weighted by Gasteiger charge is 2.33. The third-order valence-electron chi connectivity index (χ3n) is 3.59. The topological polar surface area (TPSA) is 15.3 Å². The van der Waals surface area contributed by atoms with E-state index in [0.29, 0.717) is 6.04 Å². The summed E-state index contributed by atoms with van der Waals surface area (Å²) in [5.41, 5.74) is 1.38. The molecule has 1 N–H and O–H groups in total. The lowest BCUT2D eigenvalue weighted by atomic mass is 9.81. The van der Waals surface area contributed by atoms with Crippen LogP contribution in [-0.2, 0) is 0 Å². The Morgan fingerprint density at radius 1 is 1.26 bits per heavy atom. The molecule has 4 heteroatoms. The molecule has 0 unspecified atom stereocenters. The average Bonchev–Trinajstić information content (AvgIpc) is 2.33. The van der Waals surface area contributed by atoms with Gasteiger partial charge in [-0.2, -0.15) is 0 Å². The maximum atomic E-state index is 6.45. The maximum absolute atomic E-state index is 6.45. The normalized spacial score (nSPS) is 19.4. The Morgan fingerprint density at radius 2 is 1.89 bits per heavy atom. The van der Waals surface area contributed by atoms with E-state index in [1.807, 2.05) is 12.1 Å². The number of nitrogens with zero attached hydrogens (tertiary/aromatic N) is 1. The second-order valence-electron chi connectivity index (χ2n) is 6.22. The molecule has 1 aromatic carbocycles. The molecular formula is C15H22BrClN2. The Hall–Kier alpha value is -0.0900. The molecule has 1 fully saturated rings. The molecule has 0 bridgehead atoms. The van der Waals surface area contributed by atoms with Gasteiger partial charge in [-0.15, -0.1) is 0 Å². The molecule has 1 atom stereocenters. The van der Waals surface area contributed by atoms with E-state index in [4.69, 9.17) is 11.6 Å². The summed E-state index contributed by atoms with van der Waals surface area (Å²) in [6, 6.07) is 6.51. The molecule has 106 valence electrons. The molecule has 0 spiro atoms. The van der Waals surface area contributed by atoms with Crippen LogP contribution in [0.25, 0.3) is 0 Å². The minimum Gasteiger partial charge on any atom is -0.314 e. The van der Waals surface area contributed by atoms with Crippen LogP contribution in [0.3, 0.4) is 0 Å². The maximum Gasteiger partial charge on any atom is 0.0454 e. The highest BCUT2D eigenvalue weighted by Crippen LogP contribution is 2.41. The highest BCUT2D eigenvalue weighted by atomic mass is 79.9. The van der Waals surface area contributed by atoms with Crippen LogP contribution in [0.2, 0.25) is 5.02 Å². The number of benzene rings is 1. The lowest BCUT2D eigenvalue weighted by Crippen LogP contribution is -2.48. The zero-order valence-electron chi connectivity index (χ0n) is 11.8. The van der Waals surface area contributed by atoms with Gasteiger partial charge >= 0.3 is 0 Å². The molecule has 1 saturated heterocycles. The van der Waals surface area contributed by atoms with Crippen LogP contribution in [0.15, 0.2) is 22.7 Å². The minimum absolute atomic E-state index is 0.155. The van der Waals surface area contributed by atoms with Crippen LogP contribution < -0.4 is 5.32 Å². The molecule has 1 aromatic rings. The summed E-state index contributed by atoms with van der Waals surface area (Å²) in [4.78, 5) is 2.55. The van der Waals surface area contributed by atoms with Crippen molar-refractivity contribution < 1.29 is 0 Å². The highest BCUT2D eigenvalue weighted by molar-refractivity contribution is 9.10. The average molecular weight is 346 g/mol. The molecule has 2 rings (SSSR count). The molecule has 0 saturated carbocycles. The second-order valence-corrected chi connectivity index (χ2v) is 7.54. The standard InChI is InChI=1S/C15H22BrClN2/c1-15(2,3)14(19-8-6-18-7-9-19)12-10-11(16)4-5-13(12)17/h4-5,10,14,18H,6-9H2,1-3H3/t14-/m0/s1. The number of halogens is 2. The molecule has 19 heavy (non-hydrogen) atoms. The molecular weight excluding hydrogens is 324 g/mol. The van der Waals surface area contributed by atoms with Gasteiger partial charge in [0.1, 0.15) is 0 Å². The first-order valence-electron chi connectivity index (χ1n) is 6.79. The van der Waals surface area contributed by atoms with Gasteiger partial charge < -0.3 is 5.32 Å². The van der Waals surface area contributed by atoms with Crippen LogP contribution in [0.4, 0.5) is 0 Å². The number of hydrogen-bond donors (Lipinski definition) is 1. The SMILES string of the molecule is CC(C)(C)[C@H](c1cc(Br)ccc1Cl)N1CCNCC1. The Labute approximate surface area is 129 Å². The molecule has 1 aliphatic rings. The van der Waals surface area contributed by atoms with Crippen molar-refractivity contribution >= 4 is 27.5 Å². The molecule has 0 amide bonds. The second kappa shape index (κ2) is 6.13. The molecule has 0 radical (unpaired) electrons. The lowest BCUT2D eigenvalue weighted by molar-refractivity contribution is 0.0862. The molecule has 1 heterocycles. The van der Waals surface area contributed by atoms with Gasteiger partial charge in [0.25, 0.3) is 0 Å². The van der Waals surface area contributed by atoms with Crippen LogP contribution in [0.5, 0.6) is 0 Å². The van der Waals surface area contributed by atoms with Crippen molar-refractivity contribution in [1.29, 1.82) is 0 Å². The number of hydrogen-bond acceptors (Lipinski definition) is 2. The first kappa shape index (κ1) is 15.3. The first-order valence-corrected chi connectivity index (χ1v) is 7.96. The molecule has 0 aromatic heterocycles. The van der Waals surface area contributed by atoms with E-state index in [0.717, 1.165) is 35.7 Å². The number of rotatable bonds is 2. The van der Waals surface area contributed by atoms with Gasteiger partial charge in [-0.25, -0.2) is 0 Å². The van der Waals surface area contributed by atoms with E-state index < -0.39 is 0 Å². The first-order chi connectivity index (χ1) is 8.89. The van der Waals surface area contributed by atoms with Gasteiger partial charge in [-0.1, -0.05) is 48.3 Å². The van der Waals surface area contributed by atoms with Gasteiger partial charge in [-0.3, -0.25) is 4.90 Å². The Balaban J connectivity index is 2.39. The smallest absolute Gasteiger partial charge is 0.0454 e. The summed E-state index contributed by atoms with van der Waals surface area (Å²) in [7, 11) is 0. The third kappa shape index (κ3) is 3.72. The summed E-state index contributed by atoms with van der Waals surface area (Å²) in [5, 5.41) is 4.28. The van der Waals surface area contributed by atoms with Crippen LogP contribution in [0, 0.1) is 5.41 Å². The molecule has 2 nitrogen and oxygen atoms in total. The fraction of sp³-hybridized carbons (Fsp3) is 0.600. The Kier molecular flexibility index (Phi) is 4.93. The number of nitrogens with one attached hydrogen (secondary N) is 1. The summed E-state index contributed by atoms with van der Waals surface area (Å²) in [6.45, 7) is 11.1. The molecule has 1 aliphatic heterocycles. The van der Waals surface area contributed by atoms with Gasteiger partial charge in [0, 0.05) is 41.7 Å². The summed E-state index contributed by atoms with van der Waals surface area (Å²) < 4.78 is 1.09. The van der Waals surface area contributed by atoms with Crippen molar-refractivity contribution in [3.8, 4) is 0 Å². The predicted octanol–water partition coefficient (Wildman–Crippen LogP) is 4.09. The van der Waals surface area contributed by atoms with Crippen LogP contribution in [-0.4, -0.2) is 31.1 Å². The van der Waals surface area contributed by atoms with E-state index in [9.17, 15) is 0 Å². The van der Waals surface area contributed by atoms with Gasteiger partial charge in [-0.05, 0) is 29.2 Å². The van der Waals surface area contributed by atoms with Crippen LogP contribution >= 0.6 is 27.5 Å². The zero-order valence-corrected chi connectivity index (χ0v) is 14.2. The Morgan fingerprint density at radius 3 is 2.47 bits per heavy atom. The summed E-state index contributed by atoms with van der Waals surface area (Å²) in [6.07, 6.45) is 0. The zero-order chi connectivity index (χ0) is 14.0. The predicted molar refractivity (Wildman–Crippen MR) is 85.8 cm³/mol. The largest absolute Gasteiger partial charge is 0.314 e. The quantitative estimate of drug-likeness (QED) is 0.868. The summed E-state index contributed by atoms with van der Waals surface area (Å²) in [5.74, 6) is 0. The van der Waals surface area contributed by atoms with E-state index in [-0.39, 0.29) is 5.41 Å². The monoisotopic (exact) mass is 344 g/mol. The molecule has 0 aliphatic carbocycles. The van der Waals surface area contributed by atoms with E-state index >= 15 is 0 Å². The van der Waals surface area contributed by atoms with Crippen molar-refractivity contribution in [1.82, 2.24) is 10.2 Å².